The van der Waals surface area contributed by atoms with Crippen molar-refractivity contribution >= 4 is 28.7 Å². The highest BCUT2D eigenvalue weighted by Crippen LogP contribution is 2.16. The molecule has 0 aliphatic carbocycles. The van der Waals surface area contributed by atoms with Gasteiger partial charge in [-0.25, -0.2) is 4.98 Å². The highest BCUT2D eigenvalue weighted by atomic mass is 32.2. The molecule has 0 radical (unpaired) electrons. The van der Waals surface area contributed by atoms with Crippen LogP contribution in [0.25, 0.3) is 0 Å². The fourth-order valence-electron chi connectivity index (χ4n) is 2.74. The largest absolute Gasteiger partial charge is 0.354 e. The van der Waals surface area contributed by atoms with Gasteiger partial charge in [-0.15, -0.1) is 0 Å². The van der Waals surface area contributed by atoms with Gasteiger partial charge in [-0.3, -0.25) is 9.59 Å². The van der Waals surface area contributed by atoms with Gasteiger partial charge < -0.3 is 20.0 Å². The molecular formula is C16H23N5O2S. The van der Waals surface area contributed by atoms with E-state index in [1.165, 1.54) is 11.8 Å². The Balaban J connectivity index is 1.45. The standard InChI is InChI=1S/C16H23N5O2S/c1-19-4-6-20(7-5-19)14-3-2-13(10-17-14)11-18-15(22)12-21-8-9-24-16(21)23/h2-3,10H,4-9,11-12H2,1H3,(H,18,22). The lowest BCUT2D eigenvalue weighted by atomic mass is 10.2. The van der Waals surface area contributed by atoms with Crippen LogP contribution in [0, 0.1) is 0 Å². The van der Waals surface area contributed by atoms with Crippen molar-refractivity contribution in [1.29, 1.82) is 0 Å². The summed E-state index contributed by atoms with van der Waals surface area (Å²) in [6, 6.07) is 4.01. The number of carbonyl (C=O) groups excluding carboxylic acids is 2. The minimum absolute atomic E-state index is 0.0108. The van der Waals surface area contributed by atoms with Crippen LogP contribution in [0.2, 0.25) is 0 Å². The quantitative estimate of drug-likeness (QED) is 0.840. The Morgan fingerprint density at radius 3 is 2.67 bits per heavy atom. The third-order valence-corrected chi connectivity index (χ3v) is 5.20. The van der Waals surface area contributed by atoms with Gasteiger partial charge in [0.25, 0.3) is 5.24 Å². The van der Waals surface area contributed by atoms with Gasteiger partial charge in [0.15, 0.2) is 0 Å². The van der Waals surface area contributed by atoms with Crippen LogP contribution in [0.5, 0.6) is 0 Å². The molecule has 2 fully saturated rings. The van der Waals surface area contributed by atoms with Crippen LogP contribution in [0.1, 0.15) is 5.56 Å². The first-order valence-electron chi connectivity index (χ1n) is 8.18. The third kappa shape index (κ3) is 4.39. The van der Waals surface area contributed by atoms with Crippen LogP contribution in [0.15, 0.2) is 18.3 Å². The summed E-state index contributed by atoms with van der Waals surface area (Å²) in [5.74, 6) is 1.62. The van der Waals surface area contributed by atoms with E-state index in [9.17, 15) is 9.59 Å². The Hall–Kier alpha value is -1.80. The van der Waals surface area contributed by atoms with E-state index in [2.05, 4.69) is 27.1 Å². The van der Waals surface area contributed by atoms with Gasteiger partial charge in [0, 0.05) is 51.2 Å². The molecule has 1 aromatic heterocycles. The van der Waals surface area contributed by atoms with E-state index in [1.54, 1.807) is 4.90 Å². The minimum Gasteiger partial charge on any atom is -0.354 e. The van der Waals surface area contributed by atoms with E-state index >= 15 is 0 Å². The molecule has 0 atom stereocenters. The second kappa shape index (κ2) is 7.85. The molecule has 3 rings (SSSR count). The summed E-state index contributed by atoms with van der Waals surface area (Å²) in [5, 5.41) is 2.84. The SMILES string of the molecule is CN1CCN(c2ccc(CNC(=O)CN3CCSC3=O)cn2)CC1. The number of carbonyl (C=O) groups is 2. The molecule has 7 nitrogen and oxygen atoms in total. The maximum Gasteiger partial charge on any atom is 0.282 e. The average Bonchev–Trinajstić information content (AvgIpc) is 2.99. The topological polar surface area (TPSA) is 68.8 Å². The fraction of sp³-hybridized carbons (Fsp3) is 0.562. The van der Waals surface area contributed by atoms with Gasteiger partial charge in [0.1, 0.15) is 12.4 Å². The molecule has 2 aliphatic heterocycles. The number of amides is 2. The highest BCUT2D eigenvalue weighted by Gasteiger charge is 2.23. The summed E-state index contributed by atoms with van der Waals surface area (Å²) in [5.41, 5.74) is 0.961. The number of aromatic nitrogens is 1. The van der Waals surface area contributed by atoms with Crippen LogP contribution >= 0.6 is 11.8 Å². The summed E-state index contributed by atoms with van der Waals surface area (Å²) in [4.78, 5) is 34.1. The molecule has 0 aromatic carbocycles. The molecular weight excluding hydrogens is 326 g/mol. The number of likely N-dealkylation sites (N-methyl/N-ethyl adjacent to an activating group) is 1. The van der Waals surface area contributed by atoms with Gasteiger partial charge in [-0.2, -0.15) is 0 Å². The molecule has 2 saturated heterocycles. The van der Waals surface area contributed by atoms with Crippen molar-refractivity contribution in [2.45, 2.75) is 6.54 Å². The summed E-state index contributed by atoms with van der Waals surface area (Å²) in [7, 11) is 2.13. The van der Waals surface area contributed by atoms with Crippen LogP contribution in [-0.4, -0.2) is 78.0 Å². The van der Waals surface area contributed by atoms with Crippen LogP contribution in [0.4, 0.5) is 10.6 Å². The molecule has 2 aliphatic rings. The number of anilines is 1. The van der Waals surface area contributed by atoms with Crippen molar-refractivity contribution < 1.29 is 9.59 Å². The maximum absolute atomic E-state index is 11.9. The number of pyridine rings is 1. The Morgan fingerprint density at radius 2 is 2.04 bits per heavy atom. The molecule has 1 aromatic rings. The number of nitrogens with one attached hydrogen (secondary N) is 1. The van der Waals surface area contributed by atoms with E-state index in [0.717, 1.165) is 43.3 Å². The molecule has 2 amide bonds. The van der Waals surface area contributed by atoms with Gasteiger partial charge in [0.05, 0.1) is 0 Å². The summed E-state index contributed by atoms with van der Waals surface area (Å²) in [6.07, 6.45) is 1.81. The average molecular weight is 349 g/mol. The van der Waals surface area contributed by atoms with Crippen LogP contribution < -0.4 is 10.2 Å². The third-order valence-electron chi connectivity index (χ3n) is 4.31. The molecule has 24 heavy (non-hydrogen) atoms. The molecule has 1 N–H and O–H groups in total. The molecule has 130 valence electrons. The van der Waals surface area contributed by atoms with Gasteiger partial charge >= 0.3 is 0 Å². The van der Waals surface area contributed by atoms with E-state index in [4.69, 9.17) is 0 Å². The number of nitrogens with zero attached hydrogens (tertiary/aromatic N) is 4. The number of hydrogen-bond donors (Lipinski definition) is 1. The van der Waals surface area contributed by atoms with E-state index in [1.807, 2.05) is 18.3 Å². The Labute approximate surface area is 146 Å². The van der Waals surface area contributed by atoms with Crippen LogP contribution in [0.3, 0.4) is 0 Å². The smallest absolute Gasteiger partial charge is 0.282 e. The molecule has 0 bridgehead atoms. The Bertz CT molecular complexity index is 587. The van der Waals surface area contributed by atoms with E-state index < -0.39 is 0 Å². The lowest BCUT2D eigenvalue weighted by Gasteiger charge is -2.33. The molecule has 8 heteroatoms. The van der Waals surface area contributed by atoms with Gasteiger partial charge in [0.2, 0.25) is 5.91 Å². The first-order valence-corrected chi connectivity index (χ1v) is 9.17. The van der Waals surface area contributed by atoms with Crippen molar-refractivity contribution in [2.75, 3.05) is 57.0 Å². The Morgan fingerprint density at radius 1 is 1.25 bits per heavy atom. The predicted octanol–water partition coefficient (Wildman–Crippen LogP) is 0.618. The number of thioether (sulfide) groups is 1. The van der Waals surface area contributed by atoms with Crippen molar-refractivity contribution in [1.82, 2.24) is 20.1 Å². The summed E-state index contributed by atoms with van der Waals surface area (Å²) < 4.78 is 0. The molecule has 0 spiro atoms. The maximum atomic E-state index is 11.9. The van der Waals surface area contributed by atoms with E-state index in [-0.39, 0.29) is 17.7 Å². The van der Waals surface area contributed by atoms with Crippen molar-refractivity contribution in [2.24, 2.45) is 0 Å². The van der Waals surface area contributed by atoms with Gasteiger partial charge in [-0.1, -0.05) is 17.8 Å². The second-order valence-electron chi connectivity index (χ2n) is 6.13. The minimum atomic E-state index is -0.131. The van der Waals surface area contributed by atoms with Crippen LogP contribution in [-0.2, 0) is 11.3 Å². The lowest BCUT2D eigenvalue weighted by molar-refractivity contribution is -0.121. The molecule has 0 unspecified atom stereocenters. The Kier molecular flexibility index (Phi) is 5.57. The first-order chi connectivity index (χ1) is 11.6. The summed E-state index contributed by atoms with van der Waals surface area (Å²) in [6.45, 7) is 5.30. The monoisotopic (exact) mass is 349 g/mol. The van der Waals surface area contributed by atoms with Crippen molar-refractivity contribution in [3.63, 3.8) is 0 Å². The molecule has 0 saturated carbocycles. The zero-order chi connectivity index (χ0) is 16.9. The second-order valence-corrected chi connectivity index (χ2v) is 7.17. The van der Waals surface area contributed by atoms with E-state index in [0.29, 0.717) is 13.1 Å². The number of hydrogen-bond acceptors (Lipinski definition) is 6. The first kappa shape index (κ1) is 17.0. The predicted molar refractivity (Wildman–Crippen MR) is 95.2 cm³/mol. The zero-order valence-corrected chi connectivity index (χ0v) is 14.7. The lowest BCUT2D eigenvalue weighted by Crippen LogP contribution is -2.44. The molecule has 3 heterocycles. The fourth-order valence-corrected chi connectivity index (χ4v) is 3.57. The van der Waals surface area contributed by atoms with Crippen molar-refractivity contribution in [3.05, 3.63) is 23.9 Å². The number of rotatable bonds is 5. The van der Waals surface area contributed by atoms with Crippen molar-refractivity contribution in [3.8, 4) is 0 Å². The zero-order valence-electron chi connectivity index (χ0n) is 13.9. The van der Waals surface area contributed by atoms with Gasteiger partial charge in [-0.05, 0) is 18.7 Å². The highest BCUT2D eigenvalue weighted by molar-refractivity contribution is 8.13. The normalized spacial score (nSPS) is 19.0. The summed E-state index contributed by atoms with van der Waals surface area (Å²) >= 11 is 1.27. The number of piperazine rings is 1.